The number of nitrogens with one attached hydrogen (secondary N) is 1. The van der Waals surface area contributed by atoms with E-state index in [1.54, 1.807) is 12.1 Å². The summed E-state index contributed by atoms with van der Waals surface area (Å²) >= 11 is 1.53. The van der Waals surface area contributed by atoms with Gasteiger partial charge in [-0.05, 0) is 47.0 Å². The Bertz CT molecular complexity index is 548. The molecule has 0 amide bonds. The van der Waals surface area contributed by atoms with E-state index in [0.717, 1.165) is 11.1 Å². The number of halogens is 2. The molecule has 6 heteroatoms. The number of hydrogen-bond donors (Lipinski definition) is 2. The van der Waals surface area contributed by atoms with Gasteiger partial charge in [0.25, 0.3) is 0 Å². The molecule has 3 nitrogen and oxygen atoms in total. The number of aliphatic hydroxyl groups excluding tert-OH is 1. The van der Waals surface area contributed by atoms with E-state index in [1.165, 1.54) is 17.4 Å². The van der Waals surface area contributed by atoms with E-state index in [9.17, 15) is 13.9 Å². The number of aliphatic hydroxyl groups is 1. The van der Waals surface area contributed by atoms with Gasteiger partial charge in [-0.3, -0.25) is 0 Å². The zero-order valence-electron chi connectivity index (χ0n) is 11.5. The number of ether oxygens (including phenoxy) is 1. The predicted octanol–water partition coefficient (Wildman–Crippen LogP) is 3.73. The van der Waals surface area contributed by atoms with Crippen LogP contribution in [0, 0.1) is 0 Å². The molecule has 2 atom stereocenters. The summed E-state index contributed by atoms with van der Waals surface area (Å²) in [6, 6.07) is 8.34. The molecule has 1 heterocycles. The highest BCUT2D eigenvalue weighted by atomic mass is 32.1. The molecule has 2 unspecified atom stereocenters. The summed E-state index contributed by atoms with van der Waals surface area (Å²) in [7, 11) is 0. The third-order valence-corrected chi connectivity index (χ3v) is 3.83. The molecule has 2 N–H and O–H groups in total. The van der Waals surface area contributed by atoms with Crippen LogP contribution in [0.5, 0.6) is 5.75 Å². The van der Waals surface area contributed by atoms with E-state index >= 15 is 0 Å². The Morgan fingerprint density at radius 2 is 2.10 bits per heavy atom. The fourth-order valence-electron chi connectivity index (χ4n) is 1.95. The molecule has 2 aromatic rings. The van der Waals surface area contributed by atoms with Crippen LogP contribution >= 0.6 is 11.3 Å². The zero-order valence-corrected chi connectivity index (χ0v) is 12.3. The van der Waals surface area contributed by atoms with Crippen LogP contribution in [0.15, 0.2) is 41.1 Å². The van der Waals surface area contributed by atoms with Crippen molar-refractivity contribution >= 4 is 11.3 Å². The first-order valence-electron chi connectivity index (χ1n) is 6.54. The average molecular weight is 313 g/mol. The molecular formula is C15H17F2NO2S. The average Bonchev–Trinajstić information content (AvgIpc) is 2.98. The Labute approximate surface area is 126 Å². The lowest BCUT2D eigenvalue weighted by molar-refractivity contribution is -0.0499. The van der Waals surface area contributed by atoms with Crippen LogP contribution in [-0.4, -0.2) is 18.3 Å². The van der Waals surface area contributed by atoms with E-state index in [0.29, 0.717) is 6.54 Å². The number of rotatable bonds is 7. The maximum Gasteiger partial charge on any atom is 0.387 e. The molecule has 0 aliphatic carbocycles. The monoisotopic (exact) mass is 313 g/mol. The van der Waals surface area contributed by atoms with Gasteiger partial charge in [0.2, 0.25) is 0 Å². The Morgan fingerprint density at radius 3 is 2.76 bits per heavy atom. The Kier molecular flexibility index (Phi) is 5.67. The van der Waals surface area contributed by atoms with Crippen LogP contribution in [0.25, 0.3) is 0 Å². The number of hydrogen-bond acceptors (Lipinski definition) is 4. The maximum atomic E-state index is 12.2. The van der Waals surface area contributed by atoms with Crippen LogP contribution in [0.4, 0.5) is 8.78 Å². The van der Waals surface area contributed by atoms with Gasteiger partial charge >= 0.3 is 6.61 Å². The maximum absolute atomic E-state index is 12.2. The highest BCUT2D eigenvalue weighted by molar-refractivity contribution is 7.07. The summed E-state index contributed by atoms with van der Waals surface area (Å²) < 4.78 is 28.8. The van der Waals surface area contributed by atoms with Gasteiger partial charge in [-0.2, -0.15) is 20.1 Å². The lowest BCUT2D eigenvalue weighted by Gasteiger charge is -2.18. The Morgan fingerprint density at radius 1 is 1.29 bits per heavy atom. The van der Waals surface area contributed by atoms with Crippen molar-refractivity contribution in [3.8, 4) is 5.75 Å². The molecule has 0 bridgehead atoms. The molecule has 2 rings (SSSR count). The Balaban J connectivity index is 1.92. The third-order valence-electron chi connectivity index (χ3n) is 3.13. The second kappa shape index (κ2) is 7.49. The summed E-state index contributed by atoms with van der Waals surface area (Å²) in [6.45, 7) is -0.538. The lowest BCUT2D eigenvalue weighted by Crippen LogP contribution is -2.24. The van der Waals surface area contributed by atoms with Crippen LogP contribution in [-0.2, 0) is 0 Å². The molecule has 0 saturated heterocycles. The van der Waals surface area contributed by atoms with Crippen molar-refractivity contribution in [2.75, 3.05) is 6.54 Å². The van der Waals surface area contributed by atoms with Crippen molar-refractivity contribution in [1.82, 2.24) is 5.32 Å². The fourth-order valence-corrected chi connectivity index (χ4v) is 2.66. The molecule has 0 saturated carbocycles. The molecule has 1 aromatic carbocycles. The van der Waals surface area contributed by atoms with Gasteiger partial charge in [-0.1, -0.05) is 12.1 Å². The van der Waals surface area contributed by atoms with Gasteiger partial charge in [0.05, 0.1) is 6.10 Å². The van der Waals surface area contributed by atoms with Crippen LogP contribution in [0.1, 0.15) is 30.2 Å². The normalized spacial score (nSPS) is 14.1. The van der Waals surface area contributed by atoms with Gasteiger partial charge in [0.15, 0.2) is 0 Å². The first-order chi connectivity index (χ1) is 10.1. The van der Waals surface area contributed by atoms with Crippen molar-refractivity contribution in [1.29, 1.82) is 0 Å². The lowest BCUT2D eigenvalue weighted by atomic mass is 10.1. The van der Waals surface area contributed by atoms with Gasteiger partial charge in [0.1, 0.15) is 5.75 Å². The standard InChI is InChI=1S/C15H17F2NO2S/c1-10(18-8-14(19)12-5-6-21-9-12)11-3-2-4-13(7-11)20-15(16)17/h2-7,9-10,14-15,18-19H,8H2,1H3. The minimum absolute atomic E-state index is 0.0838. The largest absolute Gasteiger partial charge is 0.435 e. The van der Waals surface area contributed by atoms with E-state index in [4.69, 9.17) is 0 Å². The fraction of sp³-hybridized carbons (Fsp3) is 0.333. The van der Waals surface area contributed by atoms with Gasteiger partial charge in [-0.25, -0.2) is 0 Å². The van der Waals surface area contributed by atoms with Gasteiger partial charge in [-0.15, -0.1) is 0 Å². The van der Waals surface area contributed by atoms with Crippen molar-refractivity contribution in [2.45, 2.75) is 25.7 Å². The molecular weight excluding hydrogens is 296 g/mol. The quantitative estimate of drug-likeness (QED) is 0.818. The number of alkyl halides is 2. The molecule has 0 aliphatic heterocycles. The van der Waals surface area contributed by atoms with Crippen molar-refractivity contribution < 1.29 is 18.6 Å². The second-order valence-electron chi connectivity index (χ2n) is 4.65. The van der Waals surface area contributed by atoms with Crippen LogP contribution < -0.4 is 10.1 Å². The van der Waals surface area contributed by atoms with E-state index in [1.807, 2.05) is 29.8 Å². The Hall–Kier alpha value is -1.50. The number of thiophene rings is 1. The first-order valence-corrected chi connectivity index (χ1v) is 7.49. The van der Waals surface area contributed by atoms with Crippen LogP contribution in [0.3, 0.4) is 0 Å². The summed E-state index contributed by atoms with van der Waals surface area (Å²) in [5, 5.41) is 17.0. The minimum Gasteiger partial charge on any atom is -0.435 e. The van der Waals surface area contributed by atoms with Gasteiger partial charge < -0.3 is 15.2 Å². The second-order valence-corrected chi connectivity index (χ2v) is 5.43. The minimum atomic E-state index is -2.83. The van der Waals surface area contributed by atoms with Gasteiger partial charge in [0, 0.05) is 12.6 Å². The number of benzene rings is 1. The summed E-state index contributed by atoms with van der Waals surface area (Å²) in [4.78, 5) is 0. The highest BCUT2D eigenvalue weighted by Crippen LogP contribution is 2.22. The smallest absolute Gasteiger partial charge is 0.387 e. The zero-order chi connectivity index (χ0) is 15.2. The molecule has 1 aromatic heterocycles. The van der Waals surface area contributed by atoms with Crippen molar-refractivity contribution in [2.24, 2.45) is 0 Å². The topological polar surface area (TPSA) is 41.5 Å². The van der Waals surface area contributed by atoms with Crippen molar-refractivity contribution in [3.63, 3.8) is 0 Å². The van der Waals surface area contributed by atoms with E-state index in [2.05, 4.69) is 10.1 Å². The summed E-state index contributed by atoms with van der Waals surface area (Å²) in [6.07, 6.45) is -0.584. The first kappa shape index (κ1) is 15.9. The van der Waals surface area contributed by atoms with Crippen molar-refractivity contribution in [3.05, 3.63) is 52.2 Å². The summed E-state index contributed by atoms with van der Waals surface area (Å²) in [5.74, 6) is 0.134. The molecule has 114 valence electrons. The summed E-state index contributed by atoms with van der Waals surface area (Å²) in [5.41, 5.74) is 1.69. The molecule has 0 fully saturated rings. The predicted molar refractivity (Wildman–Crippen MR) is 78.8 cm³/mol. The molecule has 0 spiro atoms. The highest BCUT2D eigenvalue weighted by Gasteiger charge is 2.12. The SMILES string of the molecule is CC(NCC(O)c1ccsc1)c1cccc(OC(F)F)c1. The van der Waals surface area contributed by atoms with Crippen LogP contribution in [0.2, 0.25) is 0 Å². The van der Waals surface area contributed by atoms with E-state index < -0.39 is 12.7 Å². The molecule has 0 radical (unpaired) electrons. The molecule has 0 aliphatic rings. The van der Waals surface area contributed by atoms with E-state index in [-0.39, 0.29) is 11.8 Å². The third kappa shape index (κ3) is 4.77. The molecule has 21 heavy (non-hydrogen) atoms.